The summed E-state index contributed by atoms with van der Waals surface area (Å²) in [5.74, 6) is -0.293. The third-order valence-electron chi connectivity index (χ3n) is 3.75. The molecule has 0 saturated heterocycles. The van der Waals surface area contributed by atoms with Crippen molar-refractivity contribution >= 4 is 11.7 Å². The molecule has 0 aliphatic heterocycles. The largest absolute Gasteiger partial charge is 0.465 e. The average Bonchev–Trinajstić information content (AvgIpc) is 3.08. The summed E-state index contributed by atoms with van der Waals surface area (Å²) in [6.07, 6.45) is 2.55. The molecule has 3 nitrogen and oxygen atoms in total. The molecule has 1 fully saturated rings. The van der Waals surface area contributed by atoms with E-state index >= 15 is 0 Å². The van der Waals surface area contributed by atoms with Gasteiger partial charge in [0.05, 0.1) is 12.7 Å². The quantitative estimate of drug-likeness (QED) is 0.812. The van der Waals surface area contributed by atoms with Crippen LogP contribution in [0.2, 0.25) is 0 Å². The molecule has 1 aliphatic carbocycles. The SMILES string of the molecule is COC(=O)c1cccc(NC(C)C2(C)CC2)c1. The van der Waals surface area contributed by atoms with E-state index in [0.29, 0.717) is 17.0 Å². The first-order valence-electron chi connectivity index (χ1n) is 6.00. The predicted octanol–water partition coefficient (Wildman–Crippen LogP) is 3.07. The molecule has 0 radical (unpaired) electrons. The molecule has 0 spiro atoms. The summed E-state index contributed by atoms with van der Waals surface area (Å²) in [6.45, 7) is 4.48. The van der Waals surface area contributed by atoms with Crippen LogP contribution in [0, 0.1) is 5.41 Å². The van der Waals surface area contributed by atoms with Crippen LogP contribution in [0.15, 0.2) is 24.3 Å². The van der Waals surface area contributed by atoms with E-state index in [1.165, 1.54) is 20.0 Å². The van der Waals surface area contributed by atoms with Crippen LogP contribution in [0.1, 0.15) is 37.0 Å². The zero-order valence-corrected chi connectivity index (χ0v) is 10.6. The molecule has 1 aliphatic rings. The van der Waals surface area contributed by atoms with Gasteiger partial charge >= 0.3 is 5.97 Å². The van der Waals surface area contributed by atoms with Gasteiger partial charge < -0.3 is 10.1 Å². The minimum Gasteiger partial charge on any atom is -0.465 e. The van der Waals surface area contributed by atoms with Crippen molar-refractivity contribution in [3.8, 4) is 0 Å². The first-order chi connectivity index (χ1) is 8.05. The van der Waals surface area contributed by atoms with Crippen molar-refractivity contribution in [1.82, 2.24) is 0 Å². The lowest BCUT2D eigenvalue weighted by atomic mass is 10.0. The van der Waals surface area contributed by atoms with Gasteiger partial charge in [-0.1, -0.05) is 13.0 Å². The molecule has 1 saturated carbocycles. The Kier molecular flexibility index (Phi) is 3.09. The van der Waals surface area contributed by atoms with E-state index in [9.17, 15) is 4.79 Å². The van der Waals surface area contributed by atoms with Crippen LogP contribution in [0.25, 0.3) is 0 Å². The first-order valence-corrected chi connectivity index (χ1v) is 6.00. The molecule has 0 amide bonds. The maximum atomic E-state index is 11.4. The molecule has 17 heavy (non-hydrogen) atoms. The third kappa shape index (κ3) is 2.60. The van der Waals surface area contributed by atoms with E-state index in [2.05, 4.69) is 19.2 Å². The number of methoxy groups -OCH3 is 1. The lowest BCUT2D eigenvalue weighted by Crippen LogP contribution is -2.24. The van der Waals surface area contributed by atoms with Crippen LogP contribution in [0.3, 0.4) is 0 Å². The molecule has 1 unspecified atom stereocenters. The highest BCUT2D eigenvalue weighted by atomic mass is 16.5. The molecule has 2 rings (SSSR count). The number of carbonyl (C=O) groups is 1. The Labute approximate surface area is 102 Å². The molecule has 1 aromatic carbocycles. The zero-order chi connectivity index (χ0) is 12.5. The Hall–Kier alpha value is -1.51. The number of benzene rings is 1. The van der Waals surface area contributed by atoms with E-state index in [0.717, 1.165) is 5.69 Å². The molecule has 0 aromatic heterocycles. The smallest absolute Gasteiger partial charge is 0.337 e. The van der Waals surface area contributed by atoms with E-state index in [1.54, 1.807) is 6.07 Å². The van der Waals surface area contributed by atoms with Gasteiger partial charge in [0.2, 0.25) is 0 Å². The fourth-order valence-corrected chi connectivity index (χ4v) is 1.91. The van der Waals surface area contributed by atoms with Gasteiger partial charge in [-0.2, -0.15) is 0 Å². The minimum atomic E-state index is -0.293. The molecular formula is C14H19NO2. The Morgan fingerprint density at radius 3 is 2.76 bits per heavy atom. The number of esters is 1. The van der Waals surface area contributed by atoms with Crippen LogP contribution < -0.4 is 5.32 Å². The lowest BCUT2D eigenvalue weighted by Gasteiger charge is -2.21. The van der Waals surface area contributed by atoms with Gasteiger partial charge in [0.25, 0.3) is 0 Å². The van der Waals surface area contributed by atoms with Crippen LogP contribution in [0.5, 0.6) is 0 Å². The summed E-state index contributed by atoms with van der Waals surface area (Å²) >= 11 is 0. The lowest BCUT2D eigenvalue weighted by molar-refractivity contribution is 0.0601. The summed E-state index contributed by atoms with van der Waals surface area (Å²) < 4.78 is 4.71. The molecule has 1 atom stereocenters. The molecular weight excluding hydrogens is 214 g/mol. The van der Waals surface area contributed by atoms with E-state index in [-0.39, 0.29) is 5.97 Å². The van der Waals surface area contributed by atoms with Crippen molar-refractivity contribution in [3.05, 3.63) is 29.8 Å². The van der Waals surface area contributed by atoms with E-state index in [4.69, 9.17) is 4.74 Å². The first kappa shape index (κ1) is 12.0. The molecule has 0 heterocycles. The van der Waals surface area contributed by atoms with E-state index in [1.807, 2.05) is 18.2 Å². The summed E-state index contributed by atoms with van der Waals surface area (Å²) in [7, 11) is 1.40. The summed E-state index contributed by atoms with van der Waals surface area (Å²) in [6, 6.07) is 7.88. The second-order valence-electron chi connectivity index (χ2n) is 5.09. The minimum absolute atomic E-state index is 0.293. The highest BCUT2D eigenvalue weighted by molar-refractivity contribution is 5.90. The Morgan fingerprint density at radius 1 is 1.47 bits per heavy atom. The Balaban J connectivity index is 2.08. The predicted molar refractivity (Wildman–Crippen MR) is 68.2 cm³/mol. The maximum absolute atomic E-state index is 11.4. The molecule has 1 N–H and O–H groups in total. The Morgan fingerprint density at radius 2 is 2.18 bits per heavy atom. The van der Waals surface area contributed by atoms with Crippen molar-refractivity contribution in [2.75, 3.05) is 12.4 Å². The second-order valence-corrected chi connectivity index (χ2v) is 5.09. The van der Waals surface area contributed by atoms with Crippen LogP contribution in [0.4, 0.5) is 5.69 Å². The third-order valence-corrected chi connectivity index (χ3v) is 3.75. The standard InChI is InChI=1S/C14H19NO2/c1-10(14(2)7-8-14)15-12-6-4-5-11(9-12)13(16)17-3/h4-6,9-10,15H,7-8H2,1-3H3. The summed E-state index contributed by atoms with van der Waals surface area (Å²) in [5, 5.41) is 3.46. The number of hydrogen-bond donors (Lipinski definition) is 1. The van der Waals surface area contributed by atoms with Gasteiger partial charge in [0.1, 0.15) is 0 Å². The second kappa shape index (κ2) is 4.40. The highest BCUT2D eigenvalue weighted by Gasteiger charge is 2.42. The maximum Gasteiger partial charge on any atom is 0.337 e. The van der Waals surface area contributed by atoms with Gasteiger partial charge in [-0.25, -0.2) is 4.79 Å². The fraction of sp³-hybridized carbons (Fsp3) is 0.500. The van der Waals surface area contributed by atoms with Crippen LogP contribution in [-0.2, 0) is 4.74 Å². The van der Waals surface area contributed by atoms with Gasteiger partial charge in [0.15, 0.2) is 0 Å². The van der Waals surface area contributed by atoms with E-state index < -0.39 is 0 Å². The van der Waals surface area contributed by atoms with Crippen molar-refractivity contribution in [3.63, 3.8) is 0 Å². The van der Waals surface area contributed by atoms with Crippen molar-refractivity contribution in [1.29, 1.82) is 0 Å². The fourth-order valence-electron chi connectivity index (χ4n) is 1.91. The number of hydrogen-bond acceptors (Lipinski definition) is 3. The topological polar surface area (TPSA) is 38.3 Å². The summed E-state index contributed by atoms with van der Waals surface area (Å²) in [4.78, 5) is 11.4. The number of carbonyl (C=O) groups excluding carboxylic acids is 1. The molecule has 3 heteroatoms. The molecule has 0 bridgehead atoms. The van der Waals surface area contributed by atoms with Crippen LogP contribution in [-0.4, -0.2) is 19.1 Å². The van der Waals surface area contributed by atoms with Gasteiger partial charge in [-0.15, -0.1) is 0 Å². The van der Waals surface area contributed by atoms with Crippen LogP contribution >= 0.6 is 0 Å². The highest BCUT2D eigenvalue weighted by Crippen LogP contribution is 2.48. The average molecular weight is 233 g/mol. The van der Waals surface area contributed by atoms with Crippen molar-refractivity contribution < 1.29 is 9.53 Å². The number of rotatable bonds is 4. The monoisotopic (exact) mass is 233 g/mol. The summed E-state index contributed by atoms with van der Waals surface area (Å²) in [5.41, 5.74) is 1.99. The number of anilines is 1. The number of ether oxygens (including phenoxy) is 1. The van der Waals surface area contributed by atoms with Gasteiger partial charge in [-0.05, 0) is 43.4 Å². The van der Waals surface area contributed by atoms with Crippen molar-refractivity contribution in [2.24, 2.45) is 5.41 Å². The van der Waals surface area contributed by atoms with Crippen molar-refractivity contribution in [2.45, 2.75) is 32.7 Å². The normalized spacial score (nSPS) is 18.3. The molecule has 92 valence electrons. The van der Waals surface area contributed by atoms with Gasteiger partial charge in [-0.3, -0.25) is 0 Å². The zero-order valence-electron chi connectivity index (χ0n) is 10.6. The van der Waals surface area contributed by atoms with Gasteiger partial charge in [0, 0.05) is 11.7 Å². The molecule has 1 aromatic rings. The number of nitrogens with one attached hydrogen (secondary N) is 1. The Bertz CT molecular complexity index is 424.